The fraction of sp³-hybridized carbons (Fsp3) is 0.600. The molecule has 24 heavy (non-hydrogen) atoms. The van der Waals surface area contributed by atoms with Gasteiger partial charge in [-0.15, -0.1) is 0 Å². The van der Waals surface area contributed by atoms with Gasteiger partial charge in [-0.1, -0.05) is 58.8 Å². The van der Waals surface area contributed by atoms with E-state index in [-0.39, 0.29) is 0 Å². The minimum Gasteiger partial charge on any atom is -0.494 e. The average molecular weight is 335 g/mol. The smallest absolute Gasteiger partial charge is 0.373 e. The standard InChI is InChI=1S/C20H31O4/c1-3-5-6-7-8-9-10-11-17-23-24-20(21)18-12-14-19(15-13-18)22-16-4-2/h12-15H,1,3-11,16-17H2,2H3. The molecule has 0 amide bonds. The van der Waals surface area contributed by atoms with Crippen molar-refractivity contribution in [1.29, 1.82) is 0 Å². The van der Waals surface area contributed by atoms with Gasteiger partial charge in [0, 0.05) is 0 Å². The first-order chi connectivity index (χ1) is 11.8. The summed E-state index contributed by atoms with van der Waals surface area (Å²) in [6.07, 6.45) is 10.2. The lowest BCUT2D eigenvalue weighted by molar-refractivity contribution is -0.241. The summed E-state index contributed by atoms with van der Waals surface area (Å²) in [5, 5.41) is 0. The predicted octanol–water partition coefficient (Wildman–Crippen LogP) is 5.52. The number of hydrogen-bond acceptors (Lipinski definition) is 4. The first-order valence-electron chi connectivity index (χ1n) is 9.13. The molecule has 0 saturated carbocycles. The zero-order valence-electron chi connectivity index (χ0n) is 14.9. The van der Waals surface area contributed by atoms with E-state index in [9.17, 15) is 4.79 Å². The fourth-order valence-electron chi connectivity index (χ4n) is 2.27. The van der Waals surface area contributed by atoms with Gasteiger partial charge in [-0.05, 0) is 37.1 Å². The third-order valence-electron chi connectivity index (χ3n) is 3.68. The summed E-state index contributed by atoms with van der Waals surface area (Å²) < 4.78 is 5.47. The van der Waals surface area contributed by atoms with Crippen LogP contribution in [0.1, 0.15) is 75.1 Å². The molecule has 0 bridgehead atoms. The number of carbonyl (C=O) groups excluding carboxylic acids is 1. The molecule has 4 nitrogen and oxygen atoms in total. The van der Waals surface area contributed by atoms with Crippen molar-refractivity contribution in [3.8, 4) is 5.75 Å². The molecule has 0 N–H and O–H groups in total. The molecule has 1 rings (SSSR count). The molecule has 135 valence electrons. The highest BCUT2D eigenvalue weighted by Gasteiger charge is 2.08. The zero-order valence-corrected chi connectivity index (χ0v) is 14.9. The van der Waals surface area contributed by atoms with Crippen molar-refractivity contribution in [2.45, 2.75) is 64.7 Å². The molecule has 0 unspecified atom stereocenters. The van der Waals surface area contributed by atoms with Gasteiger partial charge in [-0.25, -0.2) is 4.79 Å². The van der Waals surface area contributed by atoms with Crippen molar-refractivity contribution in [3.05, 3.63) is 36.8 Å². The van der Waals surface area contributed by atoms with Crippen molar-refractivity contribution in [2.24, 2.45) is 0 Å². The van der Waals surface area contributed by atoms with Crippen LogP contribution in [0.25, 0.3) is 0 Å². The summed E-state index contributed by atoms with van der Waals surface area (Å²) in [5.41, 5.74) is 0.462. The highest BCUT2D eigenvalue weighted by atomic mass is 17.2. The first kappa shape index (κ1) is 20.5. The molecule has 1 radical (unpaired) electrons. The largest absolute Gasteiger partial charge is 0.494 e. The van der Waals surface area contributed by atoms with Gasteiger partial charge >= 0.3 is 5.97 Å². The number of carbonyl (C=O) groups is 1. The highest BCUT2D eigenvalue weighted by Crippen LogP contribution is 2.13. The minimum absolute atomic E-state index is 0.447. The maximum absolute atomic E-state index is 11.8. The Hall–Kier alpha value is -1.55. The second kappa shape index (κ2) is 13.8. The SMILES string of the molecule is [CH2]CCCCCCCCCOOC(=O)c1ccc(OCCC)cc1. The van der Waals surface area contributed by atoms with Crippen LogP contribution in [0.5, 0.6) is 5.75 Å². The maximum Gasteiger partial charge on any atom is 0.373 e. The Kier molecular flexibility index (Phi) is 11.8. The Labute approximate surface area is 146 Å². The predicted molar refractivity (Wildman–Crippen MR) is 95.9 cm³/mol. The van der Waals surface area contributed by atoms with Gasteiger partial charge in [0.25, 0.3) is 0 Å². The van der Waals surface area contributed by atoms with E-state index in [1.165, 1.54) is 32.1 Å². The molecule has 0 aromatic heterocycles. The van der Waals surface area contributed by atoms with E-state index in [1.54, 1.807) is 24.3 Å². The number of ether oxygens (including phenoxy) is 1. The van der Waals surface area contributed by atoms with E-state index < -0.39 is 5.97 Å². The molecule has 1 aromatic rings. The Morgan fingerprint density at radius 3 is 2.17 bits per heavy atom. The molecule has 0 saturated heterocycles. The van der Waals surface area contributed by atoms with Crippen LogP contribution in [-0.4, -0.2) is 19.2 Å². The van der Waals surface area contributed by atoms with Gasteiger partial charge in [-0.2, -0.15) is 4.89 Å². The van der Waals surface area contributed by atoms with Crippen LogP contribution in [0.15, 0.2) is 24.3 Å². The van der Waals surface area contributed by atoms with Crippen LogP contribution >= 0.6 is 0 Å². The first-order valence-corrected chi connectivity index (χ1v) is 9.13. The molecule has 0 atom stereocenters. The lowest BCUT2D eigenvalue weighted by Gasteiger charge is -2.06. The number of hydrogen-bond donors (Lipinski definition) is 0. The molecule has 0 fully saturated rings. The summed E-state index contributed by atoms with van der Waals surface area (Å²) in [7, 11) is 0. The van der Waals surface area contributed by atoms with Crippen LogP contribution < -0.4 is 4.74 Å². The molecule has 0 spiro atoms. The third kappa shape index (κ3) is 9.56. The molecule has 0 aliphatic heterocycles. The second-order valence-corrected chi connectivity index (χ2v) is 5.89. The molecule has 0 aliphatic rings. The lowest BCUT2D eigenvalue weighted by atomic mass is 10.1. The highest BCUT2D eigenvalue weighted by molar-refractivity contribution is 5.89. The molecule has 1 aromatic carbocycles. The van der Waals surface area contributed by atoms with E-state index in [4.69, 9.17) is 14.5 Å². The van der Waals surface area contributed by atoms with Gasteiger partial charge < -0.3 is 4.74 Å². The van der Waals surface area contributed by atoms with Crippen molar-refractivity contribution in [1.82, 2.24) is 0 Å². The molecule has 0 heterocycles. The van der Waals surface area contributed by atoms with E-state index in [0.717, 1.165) is 31.4 Å². The Bertz CT molecular complexity index is 428. The van der Waals surface area contributed by atoms with E-state index in [1.807, 2.05) is 6.92 Å². The van der Waals surface area contributed by atoms with Gasteiger partial charge in [-0.3, -0.25) is 4.89 Å². The number of benzene rings is 1. The Morgan fingerprint density at radius 1 is 0.917 bits per heavy atom. The van der Waals surface area contributed by atoms with Gasteiger partial charge in [0.1, 0.15) is 5.75 Å². The van der Waals surface area contributed by atoms with Crippen LogP contribution in [0.2, 0.25) is 0 Å². The molecular formula is C20H31O4. The van der Waals surface area contributed by atoms with E-state index >= 15 is 0 Å². The monoisotopic (exact) mass is 335 g/mol. The van der Waals surface area contributed by atoms with E-state index in [0.29, 0.717) is 18.8 Å². The van der Waals surface area contributed by atoms with Crippen molar-refractivity contribution >= 4 is 5.97 Å². The summed E-state index contributed by atoms with van der Waals surface area (Å²) in [6, 6.07) is 6.90. The molecule has 0 aliphatic carbocycles. The number of unbranched alkanes of at least 4 members (excludes halogenated alkanes) is 7. The zero-order chi connectivity index (χ0) is 17.5. The van der Waals surface area contributed by atoms with E-state index in [2.05, 4.69) is 6.92 Å². The van der Waals surface area contributed by atoms with Crippen LogP contribution in [-0.2, 0) is 9.78 Å². The summed E-state index contributed by atoms with van der Waals surface area (Å²) in [5.74, 6) is 0.287. The quantitative estimate of drug-likeness (QED) is 0.255. The lowest BCUT2D eigenvalue weighted by Crippen LogP contribution is -2.07. The summed E-state index contributed by atoms with van der Waals surface area (Å²) in [6.45, 7) is 7.01. The second-order valence-electron chi connectivity index (χ2n) is 5.89. The van der Waals surface area contributed by atoms with Crippen molar-refractivity contribution in [2.75, 3.05) is 13.2 Å². The normalized spacial score (nSPS) is 10.6. The number of rotatable bonds is 14. The van der Waals surface area contributed by atoms with Gasteiger partial charge in [0.2, 0.25) is 0 Å². The topological polar surface area (TPSA) is 44.8 Å². The van der Waals surface area contributed by atoms with Crippen molar-refractivity contribution in [3.63, 3.8) is 0 Å². The fourth-order valence-corrected chi connectivity index (χ4v) is 2.27. The summed E-state index contributed by atoms with van der Waals surface area (Å²) in [4.78, 5) is 21.6. The van der Waals surface area contributed by atoms with Crippen LogP contribution in [0.4, 0.5) is 0 Å². The average Bonchev–Trinajstić information content (AvgIpc) is 2.61. The van der Waals surface area contributed by atoms with Gasteiger partial charge in [0.15, 0.2) is 0 Å². The van der Waals surface area contributed by atoms with Crippen molar-refractivity contribution < 1.29 is 19.3 Å². The van der Waals surface area contributed by atoms with Gasteiger partial charge in [0.05, 0.1) is 18.8 Å². The molecule has 4 heteroatoms. The van der Waals surface area contributed by atoms with Crippen LogP contribution in [0, 0.1) is 6.92 Å². The third-order valence-corrected chi connectivity index (χ3v) is 3.68. The maximum atomic E-state index is 11.8. The summed E-state index contributed by atoms with van der Waals surface area (Å²) >= 11 is 0. The molecular weight excluding hydrogens is 304 g/mol. The Morgan fingerprint density at radius 2 is 1.54 bits per heavy atom. The Balaban J connectivity index is 2.05. The minimum atomic E-state index is -0.467. The van der Waals surface area contributed by atoms with Crippen LogP contribution in [0.3, 0.4) is 0 Å².